The Balaban J connectivity index is 1.84. The van der Waals surface area contributed by atoms with Gasteiger partial charge in [-0.05, 0) is 66.9 Å². The lowest BCUT2D eigenvalue weighted by atomic mass is 9.70. The largest absolute Gasteiger partial charge is 0.367 e. The van der Waals surface area contributed by atoms with Crippen molar-refractivity contribution in [1.82, 2.24) is 0 Å². The molecular weight excluding hydrogens is 278 g/mol. The standard InChI is InChI=1S/C18H29NOS/c1-11-7-9-21-16(11)15(12(2)19)20-14-10-13-6-8-18(14,5)17(13,3)4/h7,9,12-15H,6,8,10,19H2,1-5H3. The Hall–Kier alpha value is -0.380. The summed E-state index contributed by atoms with van der Waals surface area (Å²) in [5.74, 6) is 0.811. The van der Waals surface area contributed by atoms with Crippen LogP contribution < -0.4 is 5.73 Å². The van der Waals surface area contributed by atoms with Gasteiger partial charge in [-0.15, -0.1) is 11.3 Å². The first-order chi connectivity index (χ1) is 9.77. The van der Waals surface area contributed by atoms with Crippen LogP contribution in [0.15, 0.2) is 11.4 Å². The maximum atomic E-state index is 6.66. The fraction of sp³-hybridized carbons (Fsp3) is 0.778. The van der Waals surface area contributed by atoms with Crippen LogP contribution in [0.5, 0.6) is 0 Å². The molecule has 2 aliphatic rings. The normalized spacial score (nSPS) is 36.9. The smallest absolute Gasteiger partial charge is 0.107 e. The van der Waals surface area contributed by atoms with Crippen molar-refractivity contribution in [3.05, 3.63) is 21.9 Å². The summed E-state index contributed by atoms with van der Waals surface area (Å²) in [6, 6.07) is 2.21. The third kappa shape index (κ3) is 2.20. The van der Waals surface area contributed by atoms with E-state index in [4.69, 9.17) is 10.5 Å². The van der Waals surface area contributed by atoms with Gasteiger partial charge in [-0.2, -0.15) is 0 Å². The van der Waals surface area contributed by atoms with Gasteiger partial charge in [-0.1, -0.05) is 20.8 Å². The SMILES string of the molecule is Cc1ccsc1C(OC1CC2CCC1(C)C2(C)C)C(C)N. The van der Waals surface area contributed by atoms with Crippen molar-refractivity contribution in [3.63, 3.8) is 0 Å². The highest BCUT2D eigenvalue weighted by Gasteiger charge is 2.62. The minimum atomic E-state index is 0.0354. The second-order valence-corrected chi connectivity index (χ2v) is 8.93. The fourth-order valence-electron chi connectivity index (χ4n) is 4.61. The van der Waals surface area contributed by atoms with Crippen LogP contribution in [-0.4, -0.2) is 12.1 Å². The van der Waals surface area contributed by atoms with E-state index in [9.17, 15) is 0 Å². The molecule has 0 radical (unpaired) electrons. The molecule has 1 heterocycles. The van der Waals surface area contributed by atoms with Crippen molar-refractivity contribution in [2.24, 2.45) is 22.5 Å². The van der Waals surface area contributed by atoms with Crippen LogP contribution in [0.25, 0.3) is 0 Å². The molecule has 2 aliphatic carbocycles. The maximum absolute atomic E-state index is 6.66. The lowest BCUT2D eigenvalue weighted by Gasteiger charge is -2.41. The van der Waals surface area contributed by atoms with Crippen LogP contribution in [0.2, 0.25) is 0 Å². The zero-order chi connectivity index (χ0) is 15.4. The van der Waals surface area contributed by atoms with Crippen LogP contribution >= 0.6 is 11.3 Å². The third-order valence-corrected chi connectivity index (χ3v) is 7.74. The number of fused-ring (bicyclic) bond motifs is 2. The zero-order valence-corrected chi connectivity index (χ0v) is 14.8. The molecule has 0 spiro atoms. The molecule has 2 bridgehead atoms. The first-order valence-electron chi connectivity index (χ1n) is 8.22. The predicted molar refractivity (Wildman–Crippen MR) is 89.5 cm³/mol. The van der Waals surface area contributed by atoms with Gasteiger partial charge in [0.2, 0.25) is 0 Å². The van der Waals surface area contributed by atoms with Gasteiger partial charge in [0.1, 0.15) is 6.10 Å². The van der Waals surface area contributed by atoms with Gasteiger partial charge in [-0.3, -0.25) is 0 Å². The molecule has 2 N–H and O–H groups in total. The molecule has 0 aromatic carbocycles. The average molecular weight is 308 g/mol. The third-order valence-electron chi connectivity index (χ3n) is 6.66. The second kappa shape index (κ2) is 5.07. The molecule has 2 nitrogen and oxygen atoms in total. The molecule has 2 fully saturated rings. The average Bonchev–Trinajstić information content (AvgIpc) is 2.96. The molecule has 0 aliphatic heterocycles. The molecular formula is C18H29NOS. The van der Waals surface area contributed by atoms with Crippen LogP contribution in [0.3, 0.4) is 0 Å². The van der Waals surface area contributed by atoms with Gasteiger partial charge < -0.3 is 10.5 Å². The van der Waals surface area contributed by atoms with Crippen molar-refractivity contribution in [2.75, 3.05) is 0 Å². The first-order valence-corrected chi connectivity index (χ1v) is 9.10. The van der Waals surface area contributed by atoms with E-state index in [2.05, 4.69) is 46.1 Å². The highest BCUT2D eigenvalue weighted by atomic mass is 32.1. The number of thiophene rings is 1. The van der Waals surface area contributed by atoms with Crippen molar-refractivity contribution >= 4 is 11.3 Å². The summed E-state index contributed by atoms with van der Waals surface area (Å²) in [6.07, 6.45) is 4.26. The number of hydrogen-bond donors (Lipinski definition) is 1. The van der Waals surface area contributed by atoms with Crippen LogP contribution in [0.1, 0.15) is 63.5 Å². The zero-order valence-electron chi connectivity index (χ0n) is 14.0. The number of rotatable bonds is 4. The van der Waals surface area contributed by atoms with E-state index in [1.807, 2.05) is 0 Å². The molecule has 0 saturated heterocycles. The number of ether oxygens (including phenoxy) is 1. The van der Waals surface area contributed by atoms with E-state index in [1.165, 1.54) is 29.7 Å². The highest BCUT2D eigenvalue weighted by molar-refractivity contribution is 7.10. The predicted octanol–water partition coefficient (Wildman–Crippen LogP) is 4.68. The molecule has 1 aromatic rings. The van der Waals surface area contributed by atoms with Crippen LogP contribution in [0.4, 0.5) is 0 Å². The van der Waals surface area contributed by atoms with Gasteiger partial charge in [-0.25, -0.2) is 0 Å². The van der Waals surface area contributed by atoms with Gasteiger partial charge in [0.05, 0.1) is 6.10 Å². The van der Waals surface area contributed by atoms with E-state index in [0.717, 1.165) is 5.92 Å². The fourth-order valence-corrected chi connectivity index (χ4v) is 5.69. The Kier molecular flexibility index (Phi) is 3.75. The number of nitrogens with two attached hydrogens (primary N) is 1. The Morgan fingerprint density at radius 3 is 2.52 bits per heavy atom. The van der Waals surface area contributed by atoms with Gasteiger partial charge in [0.25, 0.3) is 0 Å². The van der Waals surface area contributed by atoms with Crippen molar-refractivity contribution in [3.8, 4) is 0 Å². The van der Waals surface area contributed by atoms with Gasteiger partial charge in [0.15, 0.2) is 0 Å². The molecule has 5 unspecified atom stereocenters. The summed E-state index contributed by atoms with van der Waals surface area (Å²) in [5, 5.41) is 2.15. The van der Waals surface area contributed by atoms with E-state index in [1.54, 1.807) is 11.3 Å². The Labute approximate surface area is 133 Å². The van der Waals surface area contributed by atoms with Crippen LogP contribution in [0, 0.1) is 23.7 Å². The summed E-state index contributed by atoms with van der Waals surface area (Å²) in [5.41, 5.74) is 8.28. The van der Waals surface area contributed by atoms with Gasteiger partial charge in [0, 0.05) is 10.9 Å². The van der Waals surface area contributed by atoms with Crippen LogP contribution in [-0.2, 0) is 4.74 Å². The van der Waals surface area contributed by atoms with Crippen molar-refractivity contribution in [2.45, 2.75) is 72.1 Å². The minimum Gasteiger partial charge on any atom is -0.367 e. The molecule has 2 saturated carbocycles. The topological polar surface area (TPSA) is 35.2 Å². The Morgan fingerprint density at radius 1 is 1.38 bits per heavy atom. The van der Waals surface area contributed by atoms with Crippen molar-refractivity contribution in [1.29, 1.82) is 0 Å². The molecule has 1 aromatic heterocycles. The first kappa shape index (κ1) is 15.5. The molecule has 0 amide bonds. The molecule has 21 heavy (non-hydrogen) atoms. The summed E-state index contributed by atoms with van der Waals surface area (Å²) >= 11 is 1.78. The Bertz CT molecular complexity index is 521. The number of hydrogen-bond acceptors (Lipinski definition) is 3. The maximum Gasteiger partial charge on any atom is 0.107 e. The van der Waals surface area contributed by atoms with E-state index in [0.29, 0.717) is 16.9 Å². The molecule has 118 valence electrons. The lowest BCUT2D eigenvalue weighted by molar-refractivity contribution is -0.0932. The van der Waals surface area contributed by atoms with Crippen molar-refractivity contribution < 1.29 is 4.74 Å². The summed E-state index contributed by atoms with van der Waals surface area (Å²) in [7, 11) is 0. The second-order valence-electron chi connectivity index (χ2n) is 7.98. The summed E-state index contributed by atoms with van der Waals surface area (Å²) < 4.78 is 6.66. The highest BCUT2D eigenvalue weighted by Crippen LogP contribution is 2.66. The molecule has 3 heteroatoms. The van der Waals surface area contributed by atoms with E-state index in [-0.39, 0.29) is 12.1 Å². The van der Waals surface area contributed by atoms with E-state index < -0.39 is 0 Å². The monoisotopic (exact) mass is 307 g/mol. The van der Waals surface area contributed by atoms with Gasteiger partial charge >= 0.3 is 0 Å². The number of aryl methyl sites for hydroxylation is 1. The Morgan fingerprint density at radius 2 is 2.10 bits per heavy atom. The summed E-state index contributed by atoms with van der Waals surface area (Å²) in [6.45, 7) is 11.5. The quantitative estimate of drug-likeness (QED) is 0.877. The minimum absolute atomic E-state index is 0.0354. The summed E-state index contributed by atoms with van der Waals surface area (Å²) in [4.78, 5) is 1.31. The van der Waals surface area contributed by atoms with E-state index >= 15 is 0 Å². The molecule has 5 atom stereocenters. The molecule has 3 rings (SSSR count). The lowest BCUT2D eigenvalue weighted by Crippen LogP contribution is -2.40.